The molecule has 1 aromatic carbocycles. The zero-order valence-corrected chi connectivity index (χ0v) is 12.5. The van der Waals surface area contributed by atoms with E-state index < -0.39 is 0 Å². The highest BCUT2D eigenvalue weighted by Crippen LogP contribution is 2.28. The minimum atomic E-state index is -0.104. The number of carbonyl (C=O) groups is 1. The molecule has 1 saturated carbocycles. The SMILES string of the molecule is CC(N)Cc1ccc(OCC(=O)NCC2CC2)c(Cl)c1. The van der Waals surface area contributed by atoms with Gasteiger partial charge in [0.2, 0.25) is 0 Å². The molecular weight excluding hydrogens is 276 g/mol. The predicted octanol–water partition coefficient (Wildman–Crippen LogP) is 2.13. The van der Waals surface area contributed by atoms with Gasteiger partial charge in [0.25, 0.3) is 5.91 Å². The third-order valence-electron chi connectivity index (χ3n) is 3.20. The number of hydrogen-bond acceptors (Lipinski definition) is 3. The quantitative estimate of drug-likeness (QED) is 0.810. The summed E-state index contributed by atoms with van der Waals surface area (Å²) in [4.78, 5) is 11.6. The van der Waals surface area contributed by atoms with E-state index in [2.05, 4.69) is 5.32 Å². The van der Waals surface area contributed by atoms with E-state index >= 15 is 0 Å². The molecule has 1 amide bonds. The van der Waals surface area contributed by atoms with E-state index in [4.69, 9.17) is 22.1 Å². The van der Waals surface area contributed by atoms with Crippen LogP contribution >= 0.6 is 11.6 Å². The van der Waals surface area contributed by atoms with E-state index in [1.165, 1.54) is 12.8 Å². The van der Waals surface area contributed by atoms with Crippen molar-refractivity contribution in [3.8, 4) is 5.75 Å². The summed E-state index contributed by atoms with van der Waals surface area (Å²) in [6.07, 6.45) is 3.20. The topological polar surface area (TPSA) is 64.3 Å². The van der Waals surface area contributed by atoms with Gasteiger partial charge in [-0.05, 0) is 49.8 Å². The maximum absolute atomic E-state index is 11.6. The van der Waals surface area contributed by atoms with E-state index in [0.29, 0.717) is 16.7 Å². The number of carbonyl (C=O) groups excluding carboxylic acids is 1. The summed E-state index contributed by atoms with van der Waals surface area (Å²) in [5.41, 5.74) is 6.81. The van der Waals surface area contributed by atoms with Crippen molar-refractivity contribution in [1.29, 1.82) is 0 Å². The van der Waals surface area contributed by atoms with Crippen molar-refractivity contribution in [1.82, 2.24) is 5.32 Å². The van der Waals surface area contributed by atoms with Gasteiger partial charge in [-0.25, -0.2) is 0 Å². The predicted molar refractivity (Wildman–Crippen MR) is 80.0 cm³/mol. The van der Waals surface area contributed by atoms with Crippen molar-refractivity contribution in [2.24, 2.45) is 11.7 Å². The minimum absolute atomic E-state index is 0.000914. The smallest absolute Gasteiger partial charge is 0.257 e. The fourth-order valence-corrected chi connectivity index (χ4v) is 2.19. The van der Waals surface area contributed by atoms with Gasteiger partial charge in [0.15, 0.2) is 6.61 Å². The molecular formula is C15H21ClN2O2. The van der Waals surface area contributed by atoms with Gasteiger partial charge in [0.05, 0.1) is 5.02 Å². The molecule has 1 aliphatic rings. The van der Waals surface area contributed by atoms with Crippen molar-refractivity contribution in [3.05, 3.63) is 28.8 Å². The number of rotatable bonds is 7. The number of nitrogens with one attached hydrogen (secondary N) is 1. The Bertz CT molecular complexity index is 473. The minimum Gasteiger partial charge on any atom is -0.482 e. The van der Waals surface area contributed by atoms with Crippen molar-refractivity contribution in [2.45, 2.75) is 32.2 Å². The van der Waals surface area contributed by atoms with Crippen LogP contribution in [0.3, 0.4) is 0 Å². The molecule has 110 valence electrons. The molecule has 0 radical (unpaired) electrons. The molecule has 0 heterocycles. The van der Waals surface area contributed by atoms with Gasteiger partial charge in [-0.2, -0.15) is 0 Å². The molecule has 1 atom stereocenters. The molecule has 5 heteroatoms. The van der Waals surface area contributed by atoms with Crippen LogP contribution in [0.5, 0.6) is 5.75 Å². The average Bonchev–Trinajstić information content (AvgIpc) is 3.18. The Balaban J connectivity index is 1.80. The van der Waals surface area contributed by atoms with Crippen LogP contribution in [0, 0.1) is 5.92 Å². The summed E-state index contributed by atoms with van der Waals surface area (Å²) in [5, 5.41) is 3.36. The molecule has 1 fully saturated rings. The van der Waals surface area contributed by atoms with Gasteiger partial charge in [-0.3, -0.25) is 4.79 Å². The molecule has 4 nitrogen and oxygen atoms in total. The van der Waals surface area contributed by atoms with Crippen molar-refractivity contribution < 1.29 is 9.53 Å². The van der Waals surface area contributed by atoms with Crippen LogP contribution in [0.25, 0.3) is 0 Å². The summed E-state index contributed by atoms with van der Waals surface area (Å²) in [6.45, 7) is 2.70. The first kappa shape index (κ1) is 15.1. The van der Waals surface area contributed by atoms with Crippen LogP contribution in [-0.4, -0.2) is 25.1 Å². The summed E-state index contributed by atoms with van der Waals surface area (Å²) >= 11 is 6.14. The lowest BCUT2D eigenvalue weighted by atomic mass is 10.1. The molecule has 0 spiro atoms. The Labute approximate surface area is 124 Å². The van der Waals surface area contributed by atoms with Crippen molar-refractivity contribution >= 4 is 17.5 Å². The lowest BCUT2D eigenvalue weighted by Crippen LogP contribution is -2.30. The third-order valence-corrected chi connectivity index (χ3v) is 3.49. The van der Waals surface area contributed by atoms with Gasteiger partial charge in [0, 0.05) is 12.6 Å². The van der Waals surface area contributed by atoms with Crippen LogP contribution in [0.15, 0.2) is 18.2 Å². The molecule has 2 rings (SSSR count). The molecule has 1 unspecified atom stereocenters. The van der Waals surface area contributed by atoms with Gasteiger partial charge in [0.1, 0.15) is 5.75 Å². The maximum Gasteiger partial charge on any atom is 0.257 e. The number of benzene rings is 1. The molecule has 1 aliphatic carbocycles. The fraction of sp³-hybridized carbons (Fsp3) is 0.533. The Kier molecular flexibility index (Phi) is 5.26. The van der Waals surface area contributed by atoms with Crippen LogP contribution < -0.4 is 15.8 Å². The summed E-state index contributed by atoms with van der Waals surface area (Å²) < 4.78 is 5.44. The first-order valence-electron chi connectivity index (χ1n) is 6.98. The van der Waals surface area contributed by atoms with Crippen LogP contribution in [0.4, 0.5) is 0 Å². The Morgan fingerprint density at radius 1 is 1.55 bits per heavy atom. The zero-order valence-electron chi connectivity index (χ0n) is 11.7. The highest BCUT2D eigenvalue weighted by Gasteiger charge is 2.21. The van der Waals surface area contributed by atoms with Crippen LogP contribution in [0.2, 0.25) is 5.02 Å². The first-order chi connectivity index (χ1) is 9.54. The molecule has 0 aromatic heterocycles. The number of amides is 1. The van der Waals surface area contributed by atoms with E-state index in [1.54, 1.807) is 6.07 Å². The van der Waals surface area contributed by atoms with E-state index in [0.717, 1.165) is 18.5 Å². The van der Waals surface area contributed by atoms with Gasteiger partial charge >= 0.3 is 0 Å². The highest BCUT2D eigenvalue weighted by molar-refractivity contribution is 6.32. The normalized spacial score (nSPS) is 15.8. The van der Waals surface area contributed by atoms with Crippen LogP contribution in [-0.2, 0) is 11.2 Å². The summed E-state index contributed by atoms with van der Waals surface area (Å²) in [6, 6.07) is 5.63. The molecule has 0 bridgehead atoms. The molecule has 0 saturated heterocycles. The Hall–Kier alpha value is -1.26. The zero-order chi connectivity index (χ0) is 14.5. The fourth-order valence-electron chi connectivity index (χ4n) is 1.93. The number of halogens is 1. The standard InChI is InChI=1S/C15H21ClN2O2/c1-10(17)6-12-4-5-14(13(16)7-12)20-9-15(19)18-8-11-2-3-11/h4-5,7,10-11H,2-3,6,8-9,17H2,1H3,(H,18,19). The number of nitrogens with two attached hydrogens (primary N) is 1. The first-order valence-corrected chi connectivity index (χ1v) is 7.36. The van der Waals surface area contributed by atoms with Gasteiger partial charge in [-0.15, -0.1) is 0 Å². The van der Waals surface area contributed by atoms with E-state index in [1.807, 2.05) is 19.1 Å². The third kappa shape index (κ3) is 5.02. The molecule has 3 N–H and O–H groups in total. The monoisotopic (exact) mass is 296 g/mol. The van der Waals surface area contributed by atoms with Crippen molar-refractivity contribution in [3.63, 3.8) is 0 Å². The Morgan fingerprint density at radius 2 is 2.30 bits per heavy atom. The molecule has 1 aromatic rings. The highest BCUT2D eigenvalue weighted by atomic mass is 35.5. The lowest BCUT2D eigenvalue weighted by molar-refractivity contribution is -0.123. The second kappa shape index (κ2) is 6.95. The maximum atomic E-state index is 11.6. The summed E-state index contributed by atoms with van der Waals surface area (Å²) in [5.74, 6) is 1.09. The van der Waals surface area contributed by atoms with E-state index in [9.17, 15) is 4.79 Å². The largest absolute Gasteiger partial charge is 0.482 e. The molecule has 0 aliphatic heterocycles. The second-order valence-electron chi connectivity index (χ2n) is 5.48. The lowest BCUT2D eigenvalue weighted by Gasteiger charge is -2.11. The number of hydrogen-bond donors (Lipinski definition) is 2. The Morgan fingerprint density at radius 3 is 2.90 bits per heavy atom. The molecule has 20 heavy (non-hydrogen) atoms. The van der Waals surface area contributed by atoms with Gasteiger partial charge < -0.3 is 15.8 Å². The van der Waals surface area contributed by atoms with E-state index in [-0.39, 0.29) is 18.6 Å². The second-order valence-corrected chi connectivity index (χ2v) is 5.89. The summed E-state index contributed by atoms with van der Waals surface area (Å²) in [7, 11) is 0. The number of ether oxygens (including phenoxy) is 1. The van der Waals surface area contributed by atoms with Crippen molar-refractivity contribution in [2.75, 3.05) is 13.2 Å². The van der Waals surface area contributed by atoms with Gasteiger partial charge in [-0.1, -0.05) is 17.7 Å². The average molecular weight is 297 g/mol. The van der Waals surface area contributed by atoms with Crippen LogP contribution in [0.1, 0.15) is 25.3 Å².